The topological polar surface area (TPSA) is 75.4 Å². The summed E-state index contributed by atoms with van der Waals surface area (Å²) in [5.74, 6) is 2.12. The standard InChI is InChI=1S/C24H27N5O3S/c1-16-25-24-29(26-16)23(30)22(33-24)21(17-9-10-19(31-2)20(15-17)32-3)28-13-11-27(12-14-28)18-7-5-4-6-8-18/h4-10,15,21,30H,11-14H2,1-3H3. The second kappa shape index (κ2) is 8.92. The molecule has 2 aromatic carbocycles. The number of ether oxygens (including phenoxy) is 2. The van der Waals surface area contributed by atoms with Crippen LogP contribution < -0.4 is 14.4 Å². The number of piperazine rings is 1. The van der Waals surface area contributed by atoms with Crippen LogP contribution in [0, 0.1) is 6.92 Å². The van der Waals surface area contributed by atoms with Gasteiger partial charge in [-0.15, -0.1) is 5.10 Å². The van der Waals surface area contributed by atoms with Crippen molar-refractivity contribution in [3.63, 3.8) is 0 Å². The van der Waals surface area contributed by atoms with Gasteiger partial charge in [0.2, 0.25) is 10.8 Å². The number of fused-ring (bicyclic) bond motifs is 1. The summed E-state index contributed by atoms with van der Waals surface area (Å²) in [5, 5.41) is 15.5. The Bertz CT molecular complexity index is 1250. The Morgan fingerprint density at radius 3 is 2.36 bits per heavy atom. The van der Waals surface area contributed by atoms with E-state index < -0.39 is 0 Å². The van der Waals surface area contributed by atoms with Crippen LogP contribution in [-0.4, -0.2) is 65.0 Å². The molecule has 0 radical (unpaired) electrons. The fourth-order valence-electron chi connectivity index (χ4n) is 4.45. The average Bonchev–Trinajstić information content (AvgIpc) is 3.36. The third kappa shape index (κ3) is 3.98. The Morgan fingerprint density at radius 1 is 0.970 bits per heavy atom. The zero-order valence-corrected chi connectivity index (χ0v) is 19.7. The highest BCUT2D eigenvalue weighted by atomic mass is 32.1. The maximum atomic E-state index is 11.1. The molecule has 1 fully saturated rings. The summed E-state index contributed by atoms with van der Waals surface area (Å²) in [6, 6.07) is 16.3. The molecule has 5 rings (SSSR count). The molecule has 0 saturated carbocycles. The number of hydrogen-bond donors (Lipinski definition) is 1. The molecule has 9 heteroatoms. The van der Waals surface area contributed by atoms with Gasteiger partial charge in [-0.05, 0) is 36.8 Å². The molecule has 1 N–H and O–H groups in total. The number of aromatic nitrogens is 3. The molecular formula is C24H27N5O3S. The van der Waals surface area contributed by atoms with Crippen LogP contribution in [-0.2, 0) is 0 Å². The molecule has 1 atom stereocenters. The number of nitrogens with zero attached hydrogens (tertiary/aromatic N) is 5. The van der Waals surface area contributed by atoms with E-state index in [1.54, 1.807) is 14.2 Å². The van der Waals surface area contributed by atoms with Crippen LogP contribution >= 0.6 is 11.3 Å². The number of hydrogen-bond acceptors (Lipinski definition) is 8. The minimum atomic E-state index is -0.156. The minimum absolute atomic E-state index is 0.140. The quantitative estimate of drug-likeness (QED) is 0.465. The summed E-state index contributed by atoms with van der Waals surface area (Å²) in [4.78, 5) is 10.8. The zero-order chi connectivity index (χ0) is 22.9. The predicted molar refractivity (Wildman–Crippen MR) is 129 cm³/mol. The third-order valence-electron chi connectivity index (χ3n) is 6.08. The van der Waals surface area contributed by atoms with Gasteiger partial charge >= 0.3 is 0 Å². The molecule has 0 aliphatic carbocycles. The Labute approximate surface area is 196 Å². The summed E-state index contributed by atoms with van der Waals surface area (Å²) < 4.78 is 12.5. The first-order valence-electron chi connectivity index (χ1n) is 10.9. The van der Waals surface area contributed by atoms with Crippen molar-refractivity contribution in [3.8, 4) is 17.4 Å². The van der Waals surface area contributed by atoms with Crippen molar-refractivity contribution in [1.82, 2.24) is 19.5 Å². The molecule has 1 saturated heterocycles. The van der Waals surface area contributed by atoms with Crippen LogP contribution in [0.25, 0.3) is 4.96 Å². The van der Waals surface area contributed by atoms with Crippen molar-refractivity contribution < 1.29 is 14.6 Å². The molecule has 172 valence electrons. The molecule has 3 heterocycles. The zero-order valence-electron chi connectivity index (χ0n) is 18.9. The van der Waals surface area contributed by atoms with Crippen LogP contribution in [0.15, 0.2) is 48.5 Å². The van der Waals surface area contributed by atoms with Crippen molar-refractivity contribution in [2.24, 2.45) is 0 Å². The number of thiazole rings is 1. The van der Waals surface area contributed by atoms with Gasteiger partial charge in [-0.3, -0.25) is 4.90 Å². The highest BCUT2D eigenvalue weighted by Gasteiger charge is 2.32. The normalized spacial score (nSPS) is 15.7. The lowest BCUT2D eigenvalue weighted by atomic mass is 10.0. The number of aromatic hydroxyl groups is 1. The van der Waals surface area contributed by atoms with Gasteiger partial charge in [-0.25, -0.2) is 4.98 Å². The largest absolute Gasteiger partial charge is 0.493 e. The van der Waals surface area contributed by atoms with Gasteiger partial charge in [-0.1, -0.05) is 35.6 Å². The molecule has 4 aromatic rings. The van der Waals surface area contributed by atoms with E-state index in [4.69, 9.17) is 9.47 Å². The number of rotatable bonds is 6. The number of para-hydroxylation sites is 1. The highest BCUT2D eigenvalue weighted by molar-refractivity contribution is 7.17. The van der Waals surface area contributed by atoms with Crippen molar-refractivity contribution in [1.29, 1.82) is 0 Å². The van der Waals surface area contributed by atoms with Crippen molar-refractivity contribution in [2.45, 2.75) is 13.0 Å². The van der Waals surface area contributed by atoms with Gasteiger partial charge in [-0.2, -0.15) is 4.52 Å². The monoisotopic (exact) mass is 465 g/mol. The van der Waals surface area contributed by atoms with E-state index in [1.807, 2.05) is 31.2 Å². The van der Waals surface area contributed by atoms with Crippen molar-refractivity contribution in [3.05, 3.63) is 64.8 Å². The van der Waals surface area contributed by atoms with Crippen LogP contribution in [0.1, 0.15) is 22.3 Å². The Morgan fingerprint density at radius 2 is 1.70 bits per heavy atom. The number of aryl methyl sites for hydroxylation is 1. The van der Waals surface area contributed by atoms with Crippen LogP contribution in [0.5, 0.6) is 17.4 Å². The van der Waals surface area contributed by atoms with Gasteiger partial charge in [0.25, 0.3) is 0 Å². The van der Waals surface area contributed by atoms with Gasteiger partial charge in [0.15, 0.2) is 11.5 Å². The molecule has 0 spiro atoms. The maximum Gasteiger partial charge on any atom is 0.230 e. The Balaban J connectivity index is 1.52. The Kier molecular flexibility index (Phi) is 5.82. The summed E-state index contributed by atoms with van der Waals surface area (Å²) in [6.07, 6.45) is 0. The lowest BCUT2D eigenvalue weighted by Gasteiger charge is -2.40. The van der Waals surface area contributed by atoms with Crippen molar-refractivity contribution >= 4 is 22.0 Å². The Hall–Kier alpha value is -3.30. The maximum absolute atomic E-state index is 11.1. The lowest BCUT2D eigenvalue weighted by Crippen LogP contribution is -2.47. The highest BCUT2D eigenvalue weighted by Crippen LogP contribution is 2.42. The van der Waals surface area contributed by atoms with Crippen LogP contribution in [0.4, 0.5) is 5.69 Å². The summed E-state index contributed by atoms with van der Waals surface area (Å²) in [7, 11) is 3.27. The van der Waals surface area contributed by atoms with E-state index in [-0.39, 0.29) is 11.9 Å². The SMILES string of the molecule is COc1ccc(C(c2sc3nc(C)nn3c2O)N2CCN(c3ccccc3)CC2)cc1OC. The van der Waals surface area contributed by atoms with E-state index >= 15 is 0 Å². The second-order valence-electron chi connectivity index (χ2n) is 8.02. The van der Waals surface area contributed by atoms with Gasteiger partial charge < -0.3 is 19.5 Å². The summed E-state index contributed by atoms with van der Waals surface area (Å²) in [5.41, 5.74) is 2.26. The van der Waals surface area contributed by atoms with E-state index in [0.29, 0.717) is 22.3 Å². The third-order valence-corrected chi connectivity index (χ3v) is 7.15. The van der Waals surface area contributed by atoms with Gasteiger partial charge in [0.1, 0.15) is 5.82 Å². The van der Waals surface area contributed by atoms with Gasteiger partial charge in [0, 0.05) is 31.9 Å². The van der Waals surface area contributed by atoms with E-state index in [2.05, 4.69) is 44.1 Å². The van der Waals surface area contributed by atoms with Crippen LogP contribution in [0.3, 0.4) is 0 Å². The molecule has 0 bridgehead atoms. The summed E-state index contributed by atoms with van der Waals surface area (Å²) in [6.45, 7) is 5.32. The van der Waals surface area contributed by atoms with E-state index in [9.17, 15) is 5.11 Å². The molecule has 1 aliphatic heterocycles. The number of methoxy groups -OCH3 is 2. The van der Waals surface area contributed by atoms with Crippen LogP contribution in [0.2, 0.25) is 0 Å². The van der Waals surface area contributed by atoms with Crippen molar-refractivity contribution in [2.75, 3.05) is 45.3 Å². The fraction of sp³-hybridized carbons (Fsp3) is 0.333. The molecule has 8 nitrogen and oxygen atoms in total. The molecule has 0 amide bonds. The molecule has 1 unspecified atom stereocenters. The number of benzene rings is 2. The summed E-state index contributed by atoms with van der Waals surface area (Å²) >= 11 is 1.47. The predicted octanol–water partition coefficient (Wildman–Crippen LogP) is 3.73. The first-order chi connectivity index (χ1) is 16.1. The second-order valence-corrected chi connectivity index (χ2v) is 9.03. The minimum Gasteiger partial charge on any atom is -0.493 e. The fourth-order valence-corrected chi connectivity index (χ4v) is 5.62. The lowest BCUT2D eigenvalue weighted by molar-refractivity contribution is 0.210. The molecular weight excluding hydrogens is 438 g/mol. The molecule has 1 aliphatic rings. The number of anilines is 1. The molecule has 33 heavy (non-hydrogen) atoms. The van der Waals surface area contributed by atoms with E-state index in [0.717, 1.165) is 36.6 Å². The van der Waals surface area contributed by atoms with Gasteiger partial charge in [0.05, 0.1) is 25.1 Å². The first-order valence-corrected chi connectivity index (χ1v) is 11.7. The first kappa shape index (κ1) is 21.5. The van der Waals surface area contributed by atoms with E-state index in [1.165, 1.54) is 21.5 Å². The smallest absolute Gasteiger partial charge is 0.230 e. The average molecular weight is 466 g/mol. The molecule has 2 aromatic heterocycles.